The Hall–Kier alpha value is -1.79. The fourth-order valence-electron chi connectivity index (χ4n) is 6.05. The van der Waals surface area contributed by atoms with Crippen LogP contribution < -0.4 is 9.47 Å². The number of nitrogens with zero attached hydrogens (tertiary/aromatic N) is 1. The van der Waals surface area contributed by atoms with Gasteiger partial charge in [-0.2, -0.15) is 0 Å². The third-order valence-electron chi connectivity index (χ3n) is 8.09. The van der Waals surface area contributed by atoms with E-state index in [1.165, 1.54) is 0 Å². The summed E-state index contributed by atoms with van der Waals surface area (Å²) in [5.74, 6) is 2.34. The van der Waals surface area contributed by atoms with Crippen molar-refractivity contribution in [3.05, 3.63) is 23.8 Å². The molecule has 4 aliphatic rings. The summed E-state index contributed by atoms with van der Waals surface area (Å²) in [6.07, 6.45) is 4.84. The van der Waals surface area contributed by atoms with Gasteiger partial charge in [0.1, 0.15) is 5.60 Å². The van der Waals surface area contributed by atoms with E-state index in [0.717, 1.165) is 68.9 Å². The van der Waals surface area contributed by atoms with Gasteiger partial charge in [-0.15, -0.1) is 0 Å². The molecule has 1 amide bonds. The predicted molar refractivity (Wildman–Crippen MR) is 116 cm³/mol. The zero-order valence-electron chi connectivity index (χ0n) is 19.0. The molecular formula is C25H35NO5. The summed E-state index contributed by atoms with van der Waals surface area (Å²) in [6, 6.07) is 6.08. The topological polar surface area (TPSA) is 57.2 Å². The van der Waals surface area contributed by atoms with Gasteiger partial charge in [0.2, 0.25) is 5.91 Å². The number of carbonyl (C=O) groups is 1. The van der Waals surface area contributed by atoms with Crippen LogP contribution in [0.5, 0.6) is 11.5 Å². The van der Waals surface area contributed by atoms with Crippen LogP contribution in [0.1, 0.15) is 57.6 Å². The lowest BCUT2D eigenvalue weighted by atomic mass is 9.64. The number of amides is 1. The van der Waals surface area contributed by atoms with E-state index in [9.17, 15) is 4.79 Å². The van der Waals surface area contributed by atoms with Crippen LogP contribution in [0.25, 0.3) is 0 Å². The summed E-state index contributed by atoms with van der Waals surface area (Å²) in [4.78, 5) is 15.1. The maximum absolute atomic E-state index is 13.0. The molecule has 0 aliphatic carbocycles. The first-order valence-electron chi connectivity index (χ1n) is 11.8. The average Bonchev–Trinajstić information content (AvgIpc) is 2.79. The van der Waals surface area contributed by atoms with E-state index in [-0.39, 0.29) is 29.0 Å². The van der Waals surface area contributed by atoms with Gasteiger partial charge in [0.15, 0.2) is 11.5 Å². The van der Waals surface area contributed by atoms with E-state index in [0.29, 0.717) is 19.1 Å². The predicted octanol–water partition coefficient (Wildman–Crippen LogP) is 3.98. The first kappa shape index (κ1) is 21.1. The Kier molecular flexibility index (Phi) is 5.41. The second kappa shape index (κ2) is 7.96. The number of hydrogen-bond donors (Lipinski definition) is 0. The Bertz CT molecular complexity index is 823. The maximum Gasteiger partial charge on any atom is 0.225 e. The van der Waals surface area contributed by atoms with E-state index in [4.69, 9.17) is 18.9 Å². The Morgan fingerprint density at radius 2 is 1.90 bits per heavy atom. The van der Waals surface area contributed by atoms with Gasteiger partial charge < -0.3 is 23.8 Å². The number of methoxy groups -OCH3 is 1. The fraction of sp³-hybridized carbons (Fsp3) is 0.720. The molecule has 170 valence electrons. The first-order valence-corrected chi connectivity index (χ1v) is 11.8. The van der Waals surface area contributed by atoms with E-state index < -0.39 is 0 Å². The van der Waals surface area contributed by atoms with Crippen LogP contribution in [0.15, 0.2) is 18.2 Å². The van der Waals surface area contributed by atoms with Crippen LogP contribution in [0.3, 0.4) is 0 Å². The van der Waals surface area contributed by atoms with Crippen molar-refractivity contribution in [3.8, 4) is 11.5 Å². The number of hydrogen-bond acceptors (Lipinski definition) is 5. The van der Waals surface area contributed by atoms with Crippen molar-refractivity contribution < 1.29 is 23.7 Å². The minimum atomic E-state index is -0.339. The third-order valence-corrected chi connectivity index (χ3v) is 8.09. The summed E-state index contributed by atoms with van der Waals surface area (Å²) in [7, 11) is 1.68. The molecule has 0 N–H and O–H groups in total. The zero-order valence-corrected chi connectivity index (χ0v) is 19.0. The summed E-state index contributed by atoms with van der Waals surface area (Å²) in [5, 5.41) is 0. The number of likely N-dealkylation sites (tertiary alicyclic amines) is 1. The van der Waals surface area contributed by atoms with E-state index in [2.05, 4.69) is 24.8 Å². The molecule has 2 atom stereocenters. The number of piperidine rings is 1. The van der Waals surface area contributed by atoms with Crippen molar-refractivity contribution in [2.45, 2.75) is 57.7 Å². The molecule has 1 spiro atoms. The van der Waals surface area contributed by atoms with Gasteiger partial charge in [-0.1, -0.05) is 12.1 Å². The molecule has 5 rings (SSSR count). The van der Waals surface area contributed by atoms with Gasteiger partial charge in [0, 0.05) is 43.7 Å². The maximum atomic E-state index is 13.0. The first-order chi connectivity index (χ1) is 14.9. The summed E-state index contributed by atoms with van der Waals surface area (Å²) in [6.45, 7) is 8.20. The molecule has 3 fully saturated rings. The van der Waals surface area contributed by atoms with Crippen LogP contribution in [0.2, 0.25) is 0 Å². The molecule has 0 radical (unpaired) electrons. The summed E-state index contributed by atoms with van der Waals surface area (Å²) < 4.78 is 24.1. The van der Waals surface area contributed by atoms with Gasteiger partial charge in [-0.25, -0.2) is 0 Å². The number of ether oxygens (including phenoxy) is 4. The smallest absolute Gasteiger partial charge is 0.225 e. The molecule has 0 aromatic heterocycles. The van der Waals surface area contributed by atoms with Gasteiger partial charge in [-0.3, -0.25) is 4.79 Å². The standard InChI is InChI=1S/C25H35NO5/c1-24(2)19-15-25(9-11-26(12-10-25)23(27)17-7-13-29-14-8-17)16-30-21(19)18-5-4-6-20(28-3)22(18)31-24/h4-6,17,19,21H,7-16H2,1-3H3/t19-,21+/m0/s1. The van der Waals surface area contributed by atoms with Crippen molar-refractivity contribution >= 4 is 5.91 Å². The molecule has 6 heteroatoms. The Labute approximate surface area is 185 Å². The molecule has 0 unspecified atom stereocenters. The Morgan fingerprint density at radius 3 is 2.61 bits per heavy atom. The Morgan fingerprint density at radius 1 is 1.16 bits per heavy atom. The van der Waals surface area contributed by atoms with Crippen LogP contribution in [-0.4, -0.2) is 56.4 Å². The highest BCUT2D eigenvalue weighted by molar-refractivity contribution is 5.79. The van der Waals surface area contributed by atoms with Crippen LogP contribution in [-0.2, 0) is 14.3 Å². The van der Waals surface area contributed by atoms with Crippen molar-refractivity contribution in [1.29, 1.82) is 0 Å². The normalized spacial score (nSPS) is 29.6. The second-order valence-corrected chi connectivity index (χ2v) is 10.3. The van der Waals surface area contributed by atoms with Crippen LogP contribution >= 0.6 is 0 Å². The number of benzene rings is 1. The molecule has 31 heavy (non-hydrogen) atoms. The molecule has 1 aromatic rings. The lowest BCUT2D eigenvalue weighted by molar-refractivity contribution is -0.177. The molecule has 6 nitrogen and oxygen atoms in total. The monoisotopic (exact) mass is 429 g/mol. The molecule has 3 saturated heterocycles. The largest absolute Gasteiger partial charge is 0.493 e. The number of fused-ring (bicyclic) bond motifs is 3. The highest BCUT2D eigenvalue weighted by Crippen LogP contribution is 2.57. The zero-order chi connectivity index (χ0) is 21.6. The van der Waals surface area contributed by atoms with E-state index in [1.54, 1.807) is 7.11 Å². The van der Waals surface area contributed by atoms with Crippen molar-refractivity contribution in [3.63, 3.8) is 0 Å². The van der Waals surface area contributed by atoms with Gasteiger partial charge in [0.05, 0.1) is 19.8 Å². The molecule has 1 aromatic carbocycles. The highest BCUT2D eigenvalue weighted by Gasteiger charge is 2.53. The Balaban J connectivity index is 1.30. The van der Waals surface area contributed by atoms with Crippen LogP contribution in [0.4, 0.5) is 0 Å². The highest BCUT2D eigenvalue weighted by atomic mass is 16.5. The lowest BCUT2D eigenvalue weighted by Gasteiger charge is -2.54. The van der Waals surface area contributed by atoms with Gasteiger partial charge >= 0.3 is 0 Å². The number of carbonyl (C=O) groups excluding carboxylic acids is 1. The molecule has 0 saturated carbocycles. The lowest BCUT2D eigenvalue weighted by Crippen LogP contribution is -2.55. The third kappa shape index (κ3) is 3.72. The van der Waals surface area contributed by atoms with Crippen molar-refractivity contribution in [1.82, 2.24) is 4.90 Å². The van der Waals surface area contributed by atoms with E-state index in [1.807, 2.05) is 12.1 Å². The molecule has 4 aliphatic heterocycles. The average molecular weight is 430 g/mol. The van der Waals surface area contributed by atoms with Gasteiger partial charge in [-0.05, 0) is 57.4 Å². The van der Waals surface area contributed by atoms with Crippen molar-refractivity contribution in [2.24, 2.45) is 17.3 Å². The van der Waals surface area contributed by atoms with Gasteiger partial charge in [0.25, 0.3) is 0 Å². The SMILES string of the molecule is COc1cccc2c1OC(C)(C)[C@H]1CC3(CCN(C(=O)C4CCOCC4)CC3)CO[C@H]21. The number of para-hydroxylation sites is 1. The minimum Gasteiger partial charge on any atom is -0.493 e. The molecule has 4 heterocycles. The van der Waals surface area contributed by atoms with Crippen molar-refractivity contribution in [2.75, 3.05) is 40.0 Å². The summed E-state index contributed by atoms with van der Waals surface area (Å²) >= 11 is 0. The quantitative estimate of drug-likeness (QED) is 0.712. The second-order valence-electron chi connectivity index (χ2n) is 10.3. The number of rotatable bonds is 2. The van der Waals surface area contributed by atoms with E-state index >= 15 is 0 Å². The molecule has 0 bridgehead atoms. The fourth-order valence-corrected chi connectivity index (χ4v) is 6.05. The molecular weight excluding hydrogens is 394 g/mol. The van der Waals surface area contributed by atoms with Crippen LogP contribution in [0, 0.1) is 17.3 Å². The summed E-state index contributed by atoms with van der Waals surface area (Å²) in [5.41, 5.74) is 0.894. The minimum absolute atomic E-state index is 0.0291.